The summed E-state index contributed by atoms with van der Waals surface area (Å²) in [4.78, 5) is 15.4. The number of piperazine rings is 1. The van der Waals surface area contributed by atoms with E-state index in [0.29, 0.717) is 18.7 Å². The molecule has 0 unspecified atom stereocenters. The highest BCUT2D eigenvalue weighted by Crippen LogP contribution is 2.32. The molecule has 1 fully saturated rings. The van der Waals surface area contributed by atoms with Crippen molar-refractivity contribution in [3.8, 4) is 0 Å². The summed E-state index contributed by atoms with van der Waals surface area (Å²) in [6.45, 7) is 2.98. The van der Waals surface area contributed by atoms with Gasteiger partial charge in [-0.1, -0.05) is 6.07 Å². The molecule has 1 aromatic carbocycles. The summed E-state index contributed by atoms with van der Waals surface area (Å²) in [5.74, 6) is -1.35. The van der Waals surface area contributed by atoms with E-state index in [-0.39, 0.29) is 31.4 Å². The lowest BCUT2D eigenvalue weighted by Crippen LogP contribution is -2.49. The Labute approximate surface area is 144 Å². The molecular weight excluding hydrogens is 350 g/mol. The van der Waals surface area contributed by atoms with Gasteiger partial charge < -0.3 is 10.2 Å². The maximum atomic E-state index is 13.3. The van der Waals surface area contributed by atoms with Crippen LogP contribution < -0.4 is 5.32 Å². The first kappa shape index (κ1) is 20.7. The Kier molecular flexibility index (Phi) is 7.44. The molecule has 24 heavy (non-hydrogen) atoms. The number of hydrogen-bond acceptors (Lipinski definition) is 3. The fourth-order valence-electron chi connectivity index (χ4n) is 2.50. The van der Waals surface area contributed by atoms with E-state index in [9.17, 15) is 22.4 Å². The average molecular weight is 370 g/mol. The van der Waals surface area contributed by atoms with Gasteiger partial charge in [-0.15, -0.1) is 12.4 Å². The Hall–Kier alpha value is -1.38. The summed E-state index contributed by atoms with van der Waals surface area (Å²) >= 11 is 0. The zero-order valence-electron chi connectivity index (χ0n) is 13.2. The second-order valence-electron chi connectivity index (χ2n) is 5.62. The predicted octanol–water partition coefficient (Wildman–Crippen LogP) is 2.13. The summed E-state index contributed by atoms with van der Waals surface area (Å²) in [7, 11) is 1.65. The van der Waals surface area contributed by atoms with Crippen molar-refractivity contribution < 1.29 is 22.4 Å². The van der Waals surface area contributed by atoms with Crippen LogP contribution in [-0.4, -0.2) is 55.5 Å². The molecule has 0 radical (unpaired) electrons. The number of nitrogens with zero attached hydrogens (tertiary/aromatic N) is 2. The third kappa shape index (κ3) is 5.61. The summed E-state index contributed by atoms with van der Waals surface area (Å²) in [5.41, 5.74) is -0.967. The van der Waals surface area contributed by atoms with Crippen LogP contribution in [0.2, 0.25) is 0 Å². The number of likely N-dealkylation sites (N-methyl/N-ethyl adjacent to an activating group) is 1. The molecule has 4 nitrogen and oxygen atoms in total. The Bertz CT molecular complexity index is 562. The molecule has 0 aliphatic carbocycles. The minimum absolute atomic E-state index is 0. The molecule has 2 rings (SSSR count). The van der Waals surface area contributed by atoms with Crippen molar-refractivity contribution in [2.75, 3.05) is 39.8 Å². The normalized spacial score (nSPS) is 15.3. The van der Waals surface area contributed by atoms with E-state index in [1.54, 1.807) is 16.8 Å². The maximum Gasteiger partial charge on any atom is 0.419 e. The average Bonchev–Trinajstić information content (AvgIpc) is 2.49. The molecule has 0 spiro atoms. The first-order valence-corrected chi connectivity index (χ1v) is 7.30. The molecule has 0 atom stereocenters. The highest BCUT2D eigenvalue weighted by Gasteiger charge is 2.34. The second kappa shape index (κ2) is 8.64. The molecule has 1 heterocycles. The van der Waals surface area contributed by atoms with Crippen molar-refractivity contribution in [2.45, 2.75) is 12.7 Å². The first-order chi connectivity index (χ1) is 10.8. The van der Waals surface area contributed by atoms with E-state index in [2.05, 4.69) is 5.32 Å². The molecule has 136 valence electrons. The van der Waals surface area contributed by atoms with Crippen LogP contribution >= 0.6 is 12.4 Å². The van der Waals surface area contributed by atoms with E-state index >= 15 is 0 Å². The predicted molar refractivity (Wildman–Crippen MR) is 84.4 cm³/mol. The molecule has 1 N–H and O–H groups in total. The van der Waals surface area contributed by atoms with Crippen LogP contribution in [0.5, 0.6) is 0 Å². The molecule has 0 bridgehead atoms. The van der Waals surface area contributed by atoms with Crippen molar-refractivity contribution in [1.82, 2.24) is 15.1 Å². The van der Waals surface area contributed by atoms with Crippen molar-refractivity contribution in [1.29, 1.82) is 0 Å². The Morgan fingerprint density at radius 1 is 1.29 bits per heavy atom. The number of benzene rings is 1. The van der Waals surface area contributed by atoms with Gasteiger partial charge in [0.25, 0.3) is 0 Å². The van der Waals surface area contributed by atoms with Gasteiger partial charge in [0.1, 0.15) is 5.82 Å². The minimum atomic E-state index is -4.73. The fourth-order valence-corrected chi connectivity index (χ4v) is 2.50. The number of hydrogen-bond donors (Lipinski definition) is 1. The van der Waals surface area contributed by atoms with E-state index in [4.69, 9.17) is 0 Å². The molecular formula is C15H20ClF4N3O. The second-order valence-corrected chi connectivity index (χ2v) is 5.62. The topological polar surface area (TPSA) is 35.6 Å². The minimum Gasteiger partial charge on any atom is -0.339 e. The van der Waals surface area contributed by atoms with Crippen molar-refractivity contribution >= 4 is 18.3 Å². The van der Waals surface area contributed by atoms with Gasteiger partial charge in [-0.25, -0.2) is 4.39 Å². The molecule has 1 aliphatic heterocycles. The molecule has 1 aromatic rings. The third-order valence-corrected chi connectivity index (χ3v) is 3.66. The largest absolute Gasteiger partial charge is 0.419 e. The molecule has 0 saturated carbocycles. The van der Waals surface area contributed by atoms with Gasteiger partial charge in [0.2, 0.25) is 5.91 Å². The first-order valence-electron chi connectivity index (χ1n) is 7.30. The number of rotatable bonds is 4. The fraction of sp³-hybridized carbons (Fsp3) is 0.533. The number of nitrogens with one attached hydrogen (secondary N) is 1. The van der Waals surface area contributed by atoms with E-state index in [1.165, 1.54) is 6.07 Å². The zero-order valence-corrected chi connectivity index (χ0v) is 14.0. The Morgan fingerprint density at radius 2 is 1.92 bits per heavy atom. The van der Waals surface area contributed by atoms with Crippen molar-refractivity contribution in [2.24, 2.45) is 0 Å². The third-order valence-electron chi connectivity index (χ3n) is 3.66. The van der Waals surface area contributed by atoms with Gasteiger partial charge in [-0.3, -0.25) is 9.69 Å². The molecule has 1 amide bonds. The molecule has 1 aliphatic rings. The number of amides is 1. The molecule has 9 heteroatoms. The number of halogens is 5. The van der Waals surface area contributed by atoms with Crippen LogP contribution in [0.1, 0.15) is 11.1 Å². The van der Waals surface area contributed by atoms with Crippen LogP contribution in [-0.2, 0) is 17.5 Å². The summed E-state index contributed by atoms with van der Waals surface area (Å²) in [5, 5.41) is 3.14. The van der Waals surface area contributed by atoms with Gasteiger partial charge >= 0.3 is 6.18 Å². The lowest BCUT2D eigenvalue weighted by molar-refractivity contribution is -0.140. The standard InChI is InChI=1S/C15H19F4N3O.ClH/c1-21(10-14(23)22-6-4-20-5-7-22)9-11-2-3-13(16)12(8-11)15(17,18)19;/h2-3,8,20H,4-7,9-10H2,1H3;1H. The SMILES string of the molecule is CN(CC(=O)N1CCNCC1)Cc1ccc(F)c(C(F)(F)F)c1.Cl. The zero-order chi connectivity index (χ0) is 17.0. The summed E-state index contributed by atoms with van der Waals surface area (Å²) in [6, 6.07) is 2.90. The summed E-state index contributed by atoms with van der Waals surface area (Å²) in [6.07, 6.45) is -4.73. The van der Waals surface area contributed by atoms with Crippen molar-refractivity contribution in [3.63, 3.8) is 0 Å². The van der Waals surface area contributed by atoms with E-state index in [1.807, 2.05) is 0 Å². The van der Waals surface area contributed by atoms with E-state index < -0.39 is 17.6 Å². The number of alkyl halides is 3. The number of carbonyl (C=O) groups excluding carboxylic acids is 1. The van der Waals surface area contributed by atoms with Crippen LogP contribution in [0.3, 0.4) is 0 Å². The van der Waals surface area contributed by atoms with Crippen molar-refractivity contribution in [3.05, 3.63) is 35.1 Å². The lowest BCUT2D eigenvalue weighted by atomic mass is 10.1. The lowest BCUT2D eigenvalue weighted by Gasteiger charge is -2.29. The monoisotopic (exact) mass is 369 g/mol. The van der Waals surface area contributed by atoms with Gasteiger partial charge in [0, 0.05) is 32.7 Å². The van der Waals surface area contributed by atoms with Crippen LogP contribution in [0.4, 0.5) is 17.6 Å². The Balaban J connectivity index is 0.00000288. The van der Waals surface area contributed by atoms with Crippen LogP contribution in [0.25, 0.3) is 0 Å². The van der Waals surface area contributed by atoms with Gasteiger partial charge in [-0.05, 0) is 24.7 Å². The van der Waals surface area contributed by atoms with Crippen LogP contribution in [0, 0.1) is 5.82 Å². The number of carbonyl (C=O) groups is 1. The van der Waals surface area contributed by atoms with Crippen LogP contribution in [0.15, 0.2) is 18.2 Å². The quantitative estimate of drug-likeness (QED) is 0.826. The van der Waals surface area contributed by atoms with Gasteiger partial charge in [0.15, 0.2) is 0 Å². The van der Waals surface area contributed by atoms with E-state index in [0.717, 1.165) is 25.2 Å². The highest BCUT2D eigenvalue weighted by molar-refractivity contribution is 5.85. The molecule has 1 saturated heterocycles. The Morgan fingerprint density at radius 3 is 2.50 bits per heavy atom. The molecule has 0 aromatic heterocycles. The van der Waals surface area contributed by atoms with Gasteiger partial charge in [0.05, 0.1) is 12.1 Å². The summed E-state index contributed by atoms with van der Waals surface area (Å²) < 4.78 is 51.4. The highest BCUT2D eigenvalue weighted by atomic mass is 35.5. The van der Waals surface area contributed by atoms with Gasteiger partial charge in [-0.2, -0.15) is 13.2 Å². The maximum absolute atomic E-state index is 13.3. The smallest absolute Gasteiger partial charge is 0.339 e.